The molecule has 3 rings (SSSR count). The topological polar surface area (TPSA) is 90.7 Å². The minimum Gasteiger partial charge on any atom is -0.419 e. The smallest absolute Gasteiger partial charge is 0.247 e. The number of nitrogens with zero attached hydrogens (tertiary/aromatic N) is 4. The number of aromatic nitrogens is 4. The number of fused-ring (bicyclic) bond motifs is 1. The highest BCUT2D eigenvalue weighted by molar-refractivity contribution is 5.78. The average Bonchev–Trinajstić information content (AvgIpc) is 2.88. The zero-order valence-corrected chi connectivity index (χ0v) is 9.74. The second-order valence-corrected chi connectivity index (χ2v) is 3.99. The lowest BCUT2D eigenvalue weighted by atomic mass is 10.2. The molecular formula is C12H11N5O. The molecule has 0 aliphatic carbocycles. The third kappa shape index (κ3) is 1.82. The minimum absolute atomic E-state index is 0.272. The van der Waals surface area contributed by atoms with Gasteiger partial charge in [-0.3, -0.25) is 9.97 Å². The van der Waals surface area contributed by atoms with Crippen LogP contribution in [0.5, 0.6) is 0 Å². The molecule has 6 nitrogen and oxygen atoms in total. The van der Waals surface area contributed by atoms with Gasteiger partial charge in [0.1, 0.15) is 0 Å². The summed E-state index contributed by atoms with van der Waals surface area (Å²) in [7, 11) is 0. The molecule has 0 aliphatic heterocycles. The van der Waals surface area contributed by atoms with Crippen molar-refractivity contribution >= 4 is 11.0 Å². The largest absolute Gasteiger partial charge is 0.419 e. The molecule has 1 atom stereocenters. The molecule has 6 heteroatoms. The van der Waals surface area contributed by atoms with Crippen LogP contribution in [0.3, 0.4) is 0 Å². The standard InChI is InChI=1S/C12H11N5O/c1-7(13)11-16-17-12(18-11)8-2-3-9-10(6-8)15-5-4-14-9/h2-7H,13H2,1H3. The van der Waals surface area contributed by atoms with Gasteiger partial charge in [0.05, 0.1) is 17.1 Å². The van der Waals surface area contributed by atoms with E-state index in [0.717, 1.165) is 16.6 Å². The first kappa shape index (κ1) is 10.8. The van der Waals surface area contributed by atoms with E-state index in [1.54, 1.807) is 19.3 Å². The van der Waals surface area contributed by atoms with E-state index in [9.17, 15) is 0 Å². The van der Waals surface area contributed by atoms with Gasteiger partial charge < -0.3 is 10.2 Å². The molecule has 0 spiro atoms. The van der Waals surface area contributed by atoms with Crippen molar-refractivity contribution in [3.05, 3.63) is 36.5 Å². The van der Waals surface area contributed by atoms with Gasteiger partial charge in [-0.2, -0.15) is 0 Å². The Kier molecular flexibility index (Phi) is 2.49. The van der Waals surface area contributed by atoms with Crippen molar-refractivity contribution in [2.75, 3.05) is 0 Å². The van der Waals surface area contributed by atoms with E-state index in [2.05, 4.69) is 20.2 Å². The van der Waals surface area contributed by atoms with Crippen molar-refractivity contribution in [1.82, 2.24) is 20.2 Å². The average molecular weight is 241 g/mol. The molecule has 0 saturated heterocycles. The molecule has 2 heterocycles. The quantitative estimate of drug-likeness (QED) is 0.734. The molecule has 18 heavy (non-hydrogen) atoms. The maximum absolute atomic E-state index is 5.68. The number of hydrogen-bond donors (Lipinski definition) is 1. The van der Waals surface area contributed by atoms with Crippen LogP contribution in [0.4, 0.5) is 0 Å². The van der Waals surface area contributed by atoms with Crippen LogP contribution in [0.1, 0.15) is 18.9 Å². The third-order valence-electron chi connectivity index (χ3n) is 2.55. The summed E-state index contributed by atoms with van der Waals surface area (Å²) in [5.74, 6) is 0.860. The van der Waals surface area contributed by atoms with Crippen LogP contribution < -0.4 is 5.73 Å². The number of nitrogens with two attached hydrogens (primary N) is 1. The summed E-state index contributed by atoms with van der Waals surface area (Å²) in [6.45, 7) is 1.79. The maximum atomic E-state index is 5.68. The van der Waals surface area contributed by atoms with E-state index in [1.165, 1.54) is 0 Å². The van der Waals surface area contributed by atoms with E-state index < -0.39 is 0 Å². The molecular weight excluding hydrogens is 230 g/mol. The highest BCUT2D eigenvalue weighted by Crippen LogP contribution is 2.22. The lowest BCUT2D eigenvalue weighted by molar-refractivity contribution is 0.473. The Bertz CT molecular complexity index is 692. The molecule has 2 N–H and O–H groups in total. The van der Waals surface area contributed by atoms with Crippen LogP contribution in [0.25, 0.3) is 22.5 Å². The van der Waals surface area contributed by atoms with Crippen LogP contribution >= 0.6 is 0 Å². The van der Waals surface area contributed by atoms with Crippen molar-refractivity contribution in [3.8, 4) is 11.5 Å². The van der Waals surface area contributed by atoms with Crippen LogP contribution in [0.2, 0.25) is 0 Å². The molecule has 90 valence electrons. The fraction of sp³-hybridized carbons (Fsp3) is 0.167. The number of rotatable bonds is 2. The van der Waals surface area contributed by atoms with Crippen molar-refractivity contribution in [1.29, 1.82) is 0 Å². The molecule has 0 bridgehead atoms. The molecule has 0 fully saturated rings. The highest BCUT2D eigenvalue weighted by Gasteiger charge is 2.12. The van der Waals surface area contributed by atoms with E-state index in [0.29, 0.717) is 11.8 Å². The lowest BCUT2D eigenvalue weighted by Crippen LogP contribution is -2.04. The van der Waals surface area contributed by atoms with Gasteiger partial charge in [0.2, 0.25) is 11.8 Å². The SMILES string of the molecule is CC(N)c1nnc(-c2ccc3nccnc3c2)o1. The molecule has 1 unspecified atom stereocenters. The minimum atomic E-state index is -0.272. The number of hydrogen-bond acceptors (Lipinski definition) is 6. The fourth-order valence-corrected chi connectivity index (χ4v) is 1.63. The molecule has 0 saturated carbocycles. The van der Waals surface area contributed by atoms with Gasteiger partial charge in [-0.25, -0.2) is 0 Å². The first-order valence-electron chi connectivity index (χ1n) is 5.54. The summed E-state index contributed by atoms with van der Waals surface area (Å²) in [5.41, 5.74) is 8.10. The predicted octanol–water partition coefficient (Wildman–Crippen LogP) is 1.70. The highest BCUT2D eigenvalue weighted by atomic mass is 16.4. The molecule has 2 aromatic heterocycles. The second kappa shape index (κ2) is 4.15. The fourth-order valence-electron chi connectivity index (χ4n) is 1.63. The first-order chi connectivity index (χ1) is 8.74. The Morgan fingerprint density at radius 1 is 1.11 bits per heavy atom. The van der Waals surface area contributed by atoms with Crippen molar-refractivity contribution in [3.63, 3.8) is 0 Å². The van der Waals surface area contributed by atoms with E-state index >= 15 is 0 Å². The van der Waals surface area contributed by atoms with E-state index in [4.69, 9.17) is 10.2 Å². The van der Waals surface area contributed by atoms with Crippen molar-refractivity contribution in [2.24, 2.45) is 5.73 Å². The Balaban J connectivity index is 2.07. The van der Waals surface area contributed by atoms with Gasteiger partial charge in [-0.15, -0.1) is 10.2 Å². The van der Waals surface area contributed by atoms with Crippen LogP contribution in [0, 0.1) is 0 Å². The summed E-state index contributed by atoms with van der Waals surface area (Å²) in [6, 6.07) is 5.33. The molecule has 0 aliphatic rings. The van der Waals surface area contributed by atoms with Gasteiger partial charge in [-0.05, 0) is 25.1 Å². The zero-order chi connectivity index (χ0) is 12.5. The summed E-state index contributed by atoms with van der Waals surface area (Å²) in [6.07, 6.45) is 3.30. The predicted molar refractivity (Wildman–Crippen MR) is 65.4 cm³/mol. The monoisotopic (exact) mass is 241 g/mol. The van der Waals surface area contributed by atoms with Gasteiger partial charge in [0, 0.05) is 18.0 Å². The molecule has 3 aromatic rings. The lowest BCUT2D eigenvalue weighted by Gasteiger charge is -1.98. The summed E-state index contributed by atoms with van der Waals surface area (Å²) < 4.78 is 5.48. The van der Waals surface area contributed by atoms with Gasteiger partial charge >= 0.3 is 0 Å². The summed E-state index contributed by atoms with van der Waals surface area (Å²) >= 11 is 0. The van der Waals surface area contributed by atoms with Gasteiger partial charge in [0.25, 0.3) is 0 Å². The Labute approximate surface area is 103 Å². The van der Waals surface area contributed by atoms with Crippen LogP contribution in [-0.4, -0.2) is 20.2 Å². The molecule has 0 radical (unpaired) electrons. The van der Waals surface area contributed by atoms with Gasteiger partial charge in [0.15, 0.2) is 0 Å². The molecule has 0 amide bonds. The van der Waals surface area contributed by atoms with Crippen LogP contribution in [0.15, 0.2) is 35.0 Å². The Hall–Kier alpha value is -2.34. The first-order valence-corrected chi connectivity index (χ1v) is 5.54. The second-order valence-electron chi connectivity index (χ2n) is 3.99. The van der Waals surface area contributed by atoms with Crippen LogP contribution in [-0.2, 0) is 0 Å². The number of benzene rings is 1. The Morgan fingerprint density at radius 3 is 2.61 bits per heavy atom. The summed E-state index contributed by atoms with van der Waals surface area (Å²) in [5, 5.41) is 7.86. The van der Waals surface area contributed by atoms with Crippen molar-refractivity contribution in [2.45, 2.75) is 13.0 Å². The zero-order valence-electron chi connectivity index (χ0n) is 9.74. The van der Waals surface area contributed by atoms with Gasteiger partial charge in [-0.1, -0.05) is 0 Å². The third-order valence-corrected chi connectivity index (χ3v) is 2.55. The summed E-state index contributed by atoms with van der Waals surface area (Å²) in [4.78, 5) is 8.43. The van der Waals surface area contributed by atoms with Crippen molar-refractivity contribution < 1.29 is 4.42 Å². The maximum Gasteiger partial charge on any atom is 0.247 e. The normalized spacial score (nSPS) is 12.8. The Morgan fingerprint density at radius 2 is 1.89 bits per heavy atom. The van der Waals surface area contributed by atoms with E-state index in [-0.39, 0.29) is 6.04 Å². The van der Waals surface area contributed by atoms with E-state index in [1.807, 2.05) is 18.2 Å². The molecule has 1 aromatic carbocycles.